The Bertz CT molecular complexity index is 2800. The lowest BCUT2D eigenvalue weighted by atomic mass is 10.1. The molecule has 0 saturated carbocycles. The number of carbonyl (C=O) groups excluding carboxylic acids is 4. The van der Waals surface area contributed by atoms with Crippen LogP contribution >= 0.6 is 8.53 Å². The molecule has 474 valence electrons. The van der Waals surface area contributed by atoms with Crippen molar-refractivity contribution < 1.29 is 53.8 Å². The average Bonchev–Trinajstić information content (AvgIpc) is 3.51. The first-order chi connectivity index (χ1) is 41.4. The highest BCUT2D eigenvalue weighted by molar-refractivity contribution is 7.44. The summed E-state index contributed by atoms with van der Waals surface area (Å²) >= 11 is 0. The van der Waals surface area contributed by atoms with E-state index in [0.717, 1.165) is 6.42 Å². The Morgan fingerprint density at radius 1 is 0.586 bits per heavy atom. The standard InChI is InChI=1S/C23H36N5O3P.C14H19N3O2.C13H17N3O3.C10H12N2O3.C2H6/c1-8-21(31-32(30-16-10-15-24)28(18(2)3)19(4)5)12-9-11-20-13-14-22(26-23(20)29)25-17-27(6)7;1-4-12(18)7-5-6-11-8-9-13(16-14(11)19)15-10-17(2)3;1-16(2)9-14-12-7-6-10(13(19)15-12)4-3-5-11(18)8-17;11-9-5-4-7(10(15)12-9)2-1-3-8(14)6-13;1-2/h13,17-19,21H,8,10,12,14,16H2,1-7H3;8,10,12,18H,4,7,9H2,1-3H3;6,9,11,17-18H,5,7-8H2,1-2H3;4,8,13-14H,3,5-6H2,(H2,11,12,15);1-2H3/t21-,32?;12-;11-;8-;/m1100./s1. The molecule has 7 N–H and O–H groups in total. The van der Waals surface area contributed by atoms with E-state index < -0.39 is 38.7 Å². The van der Waals surface area contributed by atoms with Crippen molar-refractivity contribution >= 4 is 74.5 Å². The smallest absolute Gasteiger partial charge is 0.286 e. The molecule has 25 heteroatoms. The third-order valence-corrected chi connectivity index (χ3v) is 12.8. The number of nitrogens with zero attached hydrogens (tertiary/aromatic N) is 12. The Kier molecular flexibility index (Phi) is 42.5. The van der Waals surface area contributed by atoms with Gasteiger partial charge in [0.25, 0.3) is 32.2 Å². The van der Waals surface area contributed by atoms with Gasteiger partial charge in [-0.25, -0.2) is 19.6 Å². The molecule has 0 aromatic rings. The van der Waals surface area contributed by atoms with E-state index in [0.29, 0.717) is 92.2 Å². The van der Waals surface area contributed by atoms with Crippen molar-refractivity contribution in [1.29, 1.82) is 5.26 Å². The highest BCUT2D eigenvalue weighted by atomic mass is 31.2. The largest absolute Gasteiger partial charge is 0.394 e. The average molecular weight is 1220 g/mol. The quantitative estimate of drug-likeness (QED) is 0.0331. The zero-order chi connectivity index (χ0) is 65.9. The van der Waals surface area contributed by atoms with Crippen molar-refractivity contribution in [1.82, 2.24) is 19.4 Å². The summed E-state index contributed by atoms with van der Waals surface area (Å²) in [7, 11) is 9.74. The van der Waals surface area contributed by atoms with Crippen LogP contribution in [0.3, 0.4) is 0 Å². The summed E-state index contributed by atoms with van der Waals surface area (Å²) < 4.78 is 14.5. The number of rotatable bonds is 19. The lowest BCUT2D eigenvalue weighted by molar-refractivity contribution is -0.114. The number of hydrogen-bond donors (Lipinski definition) is 6. The van der Waals surface area contributed by atoms with E-state index in [1.807, 2.05) is 70.0 Å². The Morgan fingerprint density at radius 3 is 1.23 bits per heavy atom. The van der Waals surface area contributed by atoms with Crippen LogP contribution < -0.4 is 5.73 Å². The van der Waals surface area contributed by atoms with Gasteiger partial charge in [0.1, 0.15) is 23.3 Å². The number of dihydropyridines is 4. The van der Waals surface area contributed by atoms with Crippen LogP contribution in [0.25, 0.3) is 0 Å². The normalized spacial score (nSPS) is 16.1. The van der Waals surface area contributed by atoms with E-state index in [1.54, 1.807) is 58.0 Å². The number of nitrogens with two attached hydrogens (primary N) is 1. The predicted molar refractivity (Wildman–Crippen MR) is 345 cm³/mol. The van der Waals surface area contributed by atoms with Crippen molar-refractivity contribution in [3.8, 4) is 53.4 Å². The number of amidine groups is 4. The maximum absolute atomic E-state index is 12.2. The van der Waals surface area contributed by atoms with Crippen LogP contribution in [-0.4, -0.2) is 209 Å². The molecule has 0 fully saturated rings. The molecule has 4 rings (SSSR count). The first-order valence-electron chi connectivity index (χ1n) is 28.5. The lowest BCUT2D eigenvalue weighted by Gasteiger charge is -2.37. The molecule has 5 atom stereocenters. The van der Waals surface area contributed by atoms with Crippen molar-refractivity contribution in [2.24, 2.45) is 40.7 Å². The van der Waals surface area contributed by atoms with Gasteiger partial charge < -0.3 is 55.0 Å². The van der Waals surface area contributed by atoms with Gasteiger partial charge in [-0.2, -0.15) is 25.2 Å². The van der Waals surface area contributed by atoms with Gasteiger partial charge in [0.05, 0.1) is 98.0 Å². The van der Waals surface area contributed by atoms with Gasteiger partial charge in [0.2, 0.25) is 0 Å². The maximum atomic E-state index is 12.2. The van der Waals surface area contributed by atoms with Crippen LogP contribution in [0.4, 0.5) is 0 Å². The zero-order valence-electron chi connectivity index (χ0n) is 53.0. The van der Waals surface area contributed by atoms with Gasteiger partial charge in [-0.15, -0.1) is 0 Å². The molecule has 1 unspecified atom stereocenters. The lowest BCUT2D eigenvalue weighted by Crippen LogP contribution is -2.34. The summed E-state index contributed by atoms with van der Waals surface area (Å²) in [5.41, 5.74) is 6.71. The monoisotopic (exact) mass is 1220 g/mol. The maximum Gasteiger partial charge on any atom is 0.286 e. The number of amides is 4. The van der Waals surface area contributed by atoms with Crippen molar-refractivity contribution in [3.63, 3.8) is 0 Å². The summed E-state index contributed by atoms with van der Waals surface area (Å²) in [4.78, 5) is 79.6. The molecule has 4 heterocycles. The number of aliphatic hydroxyl groups is 5. The highest BCUT2D eigenvalue weighted by Crippen LogP contribution is 2.47. The highest BCUT2D eigenvalue weighted by Gasteiger charge is 2.29. The van der Waals surface area contributed by atoms with E-state index >= 15 is 0 Å². The molecular formula is C62H90N13O11P. The molecule has 87 heavy (non-hydrogen) atoms. The predicted octanol–water partition coefficient (Wildman–Crippen LogP) is 4.84. The molecule has 0 bridgehead atoms. The van der Waals surface area contributed by atoms with Gasteiger partial charge in [-0.1, -0.05) is 99.4 Å². The van der Waals surface area contributed by atoms with Gasteiger partial charge in [0, 0.05) is 106 Å². The second-order valence-corrected chi connectivity index (χ2v) is 21.2. The number of hydrogen-bond acceptors (Lipinski definition) is 17. The molecule has 4 aliphatic rings. The third-order valence-electron chi connectivity index (χ3n) is 10.6. The number of aliphatic hydroxyl groups excluding tert-OH is 5. The molecule has 0 spiro atoms. The van der Waals surface area contributed by atoms with Gasteiger partial charge >= 0.3 is 0 Å². The third kappa shape index (κ3) is 36.2. The molecule has 0 aliphatic carbocycles. The van der Waals surface area contributed by atoms with Crippen LogP contribution in [0.1, 0.15) is 126 Å². The Labute approximate surface area is 516 Å². The molecule has 4 amide bonds. The fourth-order valence-corrected chi connectivity index (χ4v) is 8.04. The summed E-state index contributed by atoms with van der Waals surface area (Å²) in [6.07, 6.45) is 13.9. The molecule has 0 aromatic heterocycles. The van der Waals surface area contributed by atoms with Crippen LogP contribution in [0, 0.1) is 58.7 Å². The Hall–Kier alpha value is -7.63. The second kappa shape index (κ2) is 46.6. The van der Waals surface area contributed by atoms with E-state index in [1.165, 1.54) is 0 Å². The van der Waals surface area contributed by atoms with E-state index in [9.17, 15) is 24.3 Å². The van der Waals surface area contributed by atoms with E-state index in [-0.39, 0.29) is 67.5 Å². The first kappa shape index (κ1) is 79.4. The van der Waals surface area contributed by atoms with Crippen LogP contribution in [-0.2, 0) is 28.2 Å². The minimum absolute atomic E-state index is 0.122. The Balaban J connectivity index is 0.00000117. The van der Waals surface area contributed by atoms with Crippen LogP contribution in [0.2, 0.25) is 0 Å². The van der Waals surface area contributed by atoms with E-state index in [2.05, 4.69) is 121 Å². The van der Waals surface area contributed by atoms with Crippen LogP contribution in [0.15, 0.2) is 81.5 Å². The van der Waals surface area contributed by atoms with Gasteiger partial charge in [-0.05, 0) is 40.5 Å². The van der Waals surface area contributed by atoms with Gasteiger partial charge in [-0.3, -0.25) is 19.2 Å². The topological polar surface area (TPSA) is 337 Å². The van der Waals surface area contributed by atoms with Crippen molar-refractivity contribution in [3.05, 3.63) is 46.6 Å². The molecule has 0 aromatic carbocycles. The molecule has 24 nitrogen and oxygen atoms in total. The minimum atomic E-state index is -1.32. The Morgan fingerprint density at radius 2 is 0.931 bits per heavy atom. The molecule has 0 radical (unpaired) electrons. The van der Waals surface area contributed by atoms with Gasteiger partial charge in [0.15, 0.2) is 0 Å². The fraction of sp³-hybridized carbons (Fsp3) is 0.548. The second-order valence-electron chi connectivity index (χ2n) is 19.8. The molecular weight excluding hydrogens is 1130 g/mol. The van der Waals surface area contributed by atoms with E-state index in [4.69, 9.17) is 40.5 Å². The first-order valence-corrected chi connectivity index (χ1v) is 29.6. The number of nitriles is 1. The summed E-state index contributed by atoms with van der Waals surface area (Å²) in [5.74, 6) is 22.1. The SMILES string of the molecule is CC.CC[C@@H](O)CC#CC1=CCC(N=CN(C)C)=NC1=O.CC[C@H](CC#CC1=CCC(N=CN(C)C)=NC1=O)OP(OCCC#N)N(C(C)C)C(C)C.CN(C)C=NC1=NC(=O)C(C#CC[C@H](O)CO)=CC1.NC1=NC(=O)C(C#CC[C@H](O)CO)=CC1. The number of aliphatic imine (C=N–C) groups is 7. The van der Waals surface area contributed by atoms with Crippen molar-refractivity contribution in [2.45, 2.75) is 163 Å². The summed E-state index contributed by atoms with van der Waals surface area (Å²) in [6.45, 7) is 16.0. The number of carbonyl (C=O) groups is 4. The molecule has 0 saturated heterocycles. The van der Waals surface area contributed by atoms with Crippen molar-refractivity contribution in [2.75, 3.05) is 62.1 Å². The van der Waals surface area contributed by atoms with Crippen LogP contribution in [0.5, 0.6) is 0 Å². The fourth-order valence-electron chi connectivity index (χ4n) is 6.25. The summed E-state index contributed by atoms with van der Waals surface area (Å²) in [5, 5.41) is 53.5. The zero-order valence-corrected chi connectivity index (χ0v) is 53.9. The molecule has 4 aliphatic heterocycles. The minimum Gasteiger partial charge on any atom is -0.394 e. The summed E-state index contributed by atoms with van der Waals surface area (Å²) in [6, 6.07) is 2.58.